The number of para-hydroxylation sites is 1. The van der Waals surface area contributed by atoms with Crippen LogP contribution in [-0.4, -0.2) is 34.0 Å². The fourth-order valence-electron chi connectivity index (χ4n) is 4.81. The summed E-state index contributed by atoms with van der Waals surface area (Å²) in [5.41, 5.74) is 15.4. The van der Waals surface area contributed by atoms with Gasteiger partial charge in [-0.05, 0) is 64.9 Å². The lowest BCUT2D eigenvalue weighted by molar-refractivity contribution is -0.125. The first-order chi connectivity index (χ1) is 13.9. The van der Waals surface area contributed by atoms with Crippen molar-refractivity contribution in [2.45, 2.75) is 18.8 Å². The van der Waals surface area contributed by atoms with Crippen LogP contribution in [0.1, 0.15) is 35.6 Å². The molecule has 1 aliphatic carbocycles. The lowest BCUT2D eigenvalue weighted by Gasteiger charge is -2.20. The molecular weight excluding hydrogens is 432 g/mol. The van der Waals surface area contributed by atoms with Crippen molar-refractivity contribution >= 4 is 39.4 Å². The summed E-state index contributed by atoms with van der Waals surface area (Å²) in [5, 5.41) is 10.1. The molecule has 2 heterocycles. The second-order valence-electron chi connectivity index (χ2n) is 7.85. The number of nitrogens with zero attached hydrogens (tertiary/aromatic N) is 1. The Labute approximate surface area is 178 Å². The maximum absolute atomic E-state index is 12.0. The van der Waals surface area contributed by atoms with Crippen molar-refractivity contribution in [3.63, 3.8) is 0 Å². The van der Waals surface area contributed by atoms with Crippen LogP contribution in [0.3, 0.4) is 0 Å². The smallest absolute Gasteiger partial charge is 0.245 e. The van der Waals surface area contributed by atoms with Gasteiger partial charge in [0, 0.05) is 46.0 Å². The molecule has 2 aromatic rings. The van der Waals surface area contributed by atoms with Crippen LogP contribution < -0.4 is 11.5 Å². The number of phenolic OH excluding ortho intramolecular Hbond substituents is 1. The van der Waals surface area contributed by atoms with Crippen molar-refractivity contribution in [1.29, 1.82) is 0 Å². The number of likely N-dealkylation sites (tertiary alicyclic amines) is 1. The Morgan fingerprint density at radius 2 is 2.07 bits per heavy atom. The Hall–Kier alpha value is -2.67. The van der Waals surface area contributed by atoms with Crippen molar-refractivity contribution in [3.05, 3.63) is 58.2 Å². The SMILES string of the molecule is C=CC(=O)N1CC2CCC(c3[nH]c(N)c(/C=C(\N)c4ccccc4O)c3Br)C2C1. The number of amides is 1. The van der Waals surface area contributed by atoms with E-state index < -0.39 is 0 Å². The Kier molecular flexibility index (Phi) is 5.17. The number of aromatic hydroxyl groups is 1. The molecule has 152 valence electrons. The molecule has 1 aromatic carbocycles. The molecule has 0 bridgehead atoms. The summed E-state index contributed by atoms with van der Waals surface area (Å²) in [6.45, 7) is 5.15. The summed E-state index contributed by atoms with van der Waals surface area (Å²) < 4.78 is 0.896. The third kappa shape index (κ3) is 3.44. The number of phenols is 1. The molecule has 3 unspecified atom stereocenters. The van der Waals surface area contributed by atoms with Crippen molar-refractivity contribution in [1.82, 2.24) is 9.88 Å². The number of aromatic nitrogens is 1. The molecule has 1 aromatic heterocycles. The molecule has 1 amide bonds. The number of nitrogens with two attached hydrogens (primary N) is 2. The largest absolute Gasteiger partial charge is 0.507 e. The molecule has 0 radical (unpaired) electrons. The van der Waals surface area contributed by atoms with Crippen molar-refractivity contribution in [3.8, 4) is 5.75 Å². The van der Waals surface area contributed by atoms with E-state index in [0.29, 0.717) is 34.8 Å². The lowest BCUT2D eigenvalue weighted by atomic mass is 9.90. The fraction of sp³-hybridized carbons (Fsp3) is 0.318. The highest BCUT2D eigenvalue weighted by molar-refractivity contribution is 9.10. The molecule has 3 atom stereocenters. The van der Waals surface area contributed by atoms with E-state index in [9.17, 15) is 9.90 Å². The minimum Gasteiger partial charge on any atom is -0.507 e. The molecule has 29 heavy (non-hydrogen) atoms. The Bertz CT molecular complexity index is 997. The van der Waals surface area contributed by atoms with Gasteiger partial charge < -0.3 is 26.5 Å². The van der Waals surface area contributed by atoms with E-state index in [2.05, 4.69) is 27.5 Å². The third-order valence-corrected chi connectivity index (χ3v) is 7.12. The molecule has 1 saturated carbocycles. The number of aromatic amines is 1. The van der Waals surface area contributed by atoms with Crippen LogP contribution in [0, 0.1) is 11.8 Å². The van der Waals surface area contributed by atoms with Crippen LogP contribution in [-0.2, 0) is 4.79 Å². The van der Waals surface area contributed by atoms with E-state index in [0.717, 1.165) is 41.7 Å². The number of hydrogen-bond donors (Lipinski definition) is 4. The number of nitrogen functional groups attached to an aromatic ring is 1. The number of carbonyl (C=O) groups is 1. The highest BCUT2D eigenvalue weighted by Gasteiger charge is 2.45. The molecule has 7 heteroatoms. The topological polar surface area (TPSA) is 108 Å². The van der Waals surface area contributed by atoms with Crippen LogP contribution in [0.5, 0.6) is 5.75 Å². The second kappa shape index (κ2) is 7.63. The van der Waals surface area contributed by atoms with Gasteiger partial charge in [0.1, 0.15) is 11.6 Å². The number of H-pyrrole nitrogens is 1. The van der Waals surface area contributed by atoms with Crippen LogP contribution >= 0.6 is 15.9 Å². The van der Waals surface area contributed by atoms with Gasteiger partial charge in [-0.15, -0.1) is 0 Å². The van der Waals surface area contributed by atoms with Gasteiger partial charge in [-0.25, -0.2) is 0 Å². The van der Waals surface area contributed by atoms with E-state index in [-0.39, 0.29) is 11.7 Å². The van der Waals surface area contributed by atoms with Crippen LogP contribution in [0.4, 0.5) is 5.82 Å². The third-order valence-electron chi connectivity index (χ3n) is 6.26. The first-order valence-electron chi connectivity index (χ1n) is 9.74. The van der Waals surface area contributed by atoms with E-state index in [1.54, 1.807) is 24.3 Å². The highest BCUT2D eigenvalue weighted by atomic mass is 79.9. The van der Waals surface area contributed by atoms with Crippen molar-refractivity contribution in [2.24, 2.45) is 17.6 Å². The van der Waals surface area contributed by atoms with Crippen LogP contribution in [0.2, 0.25) is 0 Å². The Morgan fingerprint density at radius 3 is 2.79 bits per heavy atom. The molecule has 1 saturated heterocycles. The van der Waals surface area contributed by atoms with E-state index in [1.807, 2.05) is 11.0 Å². The van der Waals surface area contributed by atoms with Gasteiger partial charge in [0.15, 0.2) is 0 Å². The molecule has 0 spiro atoms. The van der Waals surface area contributed by atoms with Gasteiger partial charge in [-0.1, -0.05) is 18.7 Å². The number of hydrogen-bond acceptors (Lipinski definition) is 4. The van der Waals surface area contributed by atoms with Crippen molar-refractivity contribution in [2.75, 3.05) is 18.8 Å². The monoisotopic (exact) mass is 456 g/mol. The molecule has 4 rings (SSSR count). The van der Waals surface area contributed by atoms with Crippen LogP contribution in [0.15, 0.2) is 41.4 Å². The summed E-state index contributed by atoms with van der Waals surface area (Å²) in [5.74, 6) is 1.87. The number of anilines is 1. The minimum absolute atomic E-state index is 0.00211. The van der Waals surface area contributed by atoms with E-state index in [1.165, 1.54) is 6.08 Å². The summed E-state index contributed by atoms with van der Waals surface area (Å²) in [6.07, 6.45) is 5.32. The highest BCUT2D eigenvalue weighted by Crippen LogP contribution is 2.50. The molecular formula is C22H25BrN4O2. The average Bonchev–Trinajstić information content (AvgIpc) is 3.36. The van der Waals surface area contributed by atoms with Crippen molar-refractivity contribution < 1.29 is 9.90 Å². The number of benzene rings is 1. The first-order valence-corrected chi connectivity index (χ1v) is 10.5. The fourth-order valence-corrected chi connectivity index (χ4v) is 5.53. The summed E-state index contributed by atoms with van der Waals surface area (Å²) in [4.78, 5) is 17.3. The summed E-state index contributed by atoms with van der Waals surface area (Å²) in [7, 11) is 0. The van der Waals surface area contributed by atoms with Gasteiger partial charge in [-0.3, -0.25) is 4.79 Å². The zero-order valence-corrected chi connectivity index (χ0v) is 17.7. The quantitative estimate of drug-likeness (QED) is 0.526. The Morgan fingerprint density at radius 1 is 1.31 bits per heavy atom. The standard InChI is InChI=1S/C22H25BrN4O2/c1-2-19(29)27-10-12-7-8-13(16(12)11-27)21-20(23)15(22(25)26-21)9-17(24)14-5-3-4-6-18(14)28/h2-6,9,12-13,16,26,28H,1,7-8,10-11,24-25H2/b17-9-. The Balaban J connectivity index is 1.63. The van der Waals surface area contributed by atoms with Gasteiger partial charge in [0.25, 0.3) is 0 Å². The molecule has 1 aliphatic heterocycles. The van der Waals surface area contributed by atoms with Gasteiger partial charge in [0.2, 0.25) is 5.91 Å². The number of fused-ring (bicyclic) bond motifs is 1. The van der Waals surface area contributed by atoms with Gasteiger partial charge in [0.05, 0.1) is 0 Å². The van der Waals surface area contributed by atoms with E-state index in [4.69, 9.17) is 11.5 Å². The lowest BCUT2D eigenvalue weighted by Crippen LogP contribution is -2.28. The predicted octanol–water partition coefficient (Wildman–Crippen LogP) is 3.66. The zero-order valence-electron chi connectivity index (χ0n) is 16.1. The average molecular weight is 457 g/mol. The number of rotatable bonds is 4. The predicted molar refractivity (Wildman–Crippen MR) is 119 cm³/mol. The second-order valence-corrected chi connectivity index (χ2v) is 8.64. The molecule has 6 nitrogen and oxygen atoms in total. The van der Waals surface area contributed by atoms with Gasteiger partial charge in [-0.2, -0.15) is 0 Å². The molecule has 6 N–H and O–H groups in total. The number of halogens is 1. The normalized spacial score (nSPS) is 24.0. The minimum atomic E-state index is 0.00211. The zero-order chi connectivity index (χ0) is 20.7. The van der Waals surface area contributed by atoms with Gasteiger partial charge >= 0.3 is 0 Å². The maximum Gasteiger partial charge on any atom is 0.245 e. The molecule has 2 fully saturated rings. The molecule has 2 aliphatic rings. The van der Waals surface area contributed by atoms with E-state index >= 15 is 0 Å². The summed E-state index contributed by atoms with van der Waals surface area (Å²) in [6, 6.07) is 6.95. The van der Waals surface area contributed by atoms with Crippen LogP contribution in [0.25, 0.3) is 11.8 Å². The first kappa shape index (κ1) is 19.6. The maximum atomic E-state index is 12.0. The summed E-state index contributed by atoms with van der Waals surface area (Å²) >= 11 is 3.72. The number of carbonyl (C=O) groups excluding carboxylic acids is 1. The number of nitrogens with one attached hydrogen (secondary N) is 1.